The molecular formula is C26H30N6O3S. The van der Waals surface area contributed by atoms with Gasteiger partial charge in [-0.05, 0) is 56.5 Å². The number of fused-ring (bicyclic) bond motifs is 4. The number of amides is 1. The van der Waals surface area contributed by atoms with E-state index < -0.39 is 0 Å². The second-order valence-electron chi connectivity index (χ2n) is 9.58. The highest BCUT2D eigenvalue weighted by Crippen LogP contribution is 2.41. The van der Waals surface area contributed by atoms with Crippen LogP contribution in [0.4, 0.5) is 5.82 Å². The van der Waals surface area contributed by atoms with Crippen LogP contribution in [0.3, 0.4) is 0 Å². The van der Waals surface area contributed by atoms with Gasteiger partial charge in [0.2, 0.25) is 11.8 Å². The molecule has 3 aromatic rings. The van der Waals surface area contributed by atoms with E-state index in [0.29, 0.717) is 36.5 Å². The minimum absolute atomic E-state index is 0.00289. The van der Waals surface area contributed by atoms with E-state index in [2.05, 4.69) is 33.1 Å². The molecule has 6 rings (SSSR count). The van der Waals surface area contributed by atoms with Crippen LogP contribution in [-0.2, 0) is 11.3 Å². The van der Waals surface area contributed by atoms with Crippen molar-refractivity contribution in [2.45, 2.75) is 42.7 Å². The van der Waals surface area contributed by atoms with Gasteiger partial charge in [0.1, 0.15) is 17.1 Å². The molecule has 0 bridgehead atoms. The van der Waals surface area contributed by atoms with Gasteiger partial charge >= 0.3 is 0 Å². The van der Waals surface area contributed by atoms with E-state index in [4.69, 9.17) is 19.4 Å². The van der Waals surface area contributed by atoms with Gasteiger partial charge in [-0.1, -0.05) is 0 Å². The average Bonchev–Trinajstić information content (AvgIpc) is 3.34. The summed E-state index contributed by atoms with van der Waals surface area (Å²) >= 11 is 1.53. The van der Waals surface area contributed by atoms with Gasteiger partial charge in [0.05, 0.1) is 41.8 Å². The molecule has 3 N–H and O–H groups in total. The first-order valence-corrected chi connectivity index (χ1v) is 13.5. The lowest BCUT2D eigenvalue weighted by Gasteiger charge is -2.33. The molecule has 36 heavy (non-hydrogen) atoms. The van der Waals surface area contributed by atoms with Crippen LogP contribution in [-0.4, -0.2) is 59.5 Å². The summed E-state index contributed by atoms with van der Waals surface area (Å²) in [5, 5.41) is 10.3. The van der Waals surface area contributed by atoms with Crippen LogP contribution in [0.1, 0.15) is 36.4 Å². The summed E-state index contributed by atoms with van der Waals surface area (Å²) in [4.78, 5) is 26.8. The molecular weight excluding hydrogens is 476 g/mol. The smallest absolute Gasteiger partial charge is 0.235 e. The summed E-state index contributed by atoms with van der Waals surface area (Å²) < 4.78 is 11.5. The van der Waals surface area contributed by atoms with Crippen LogP contribution in [0.25, 0.3) is 11.0 Å². The predicted molar refractivity (Wildman–Crippen MR) is 139 cm³/mol. The Morgan fingerprint density at radius 3 is 3.08 bits per heavy atom. The normalized spacial score (nSPS) is 21.9. The minimum atomic E-state index is 0.00289. The number of thioether (sulfide) groups is 1. The van der Waals surface area contributed by atoms with Crippen molar-refractivity contribution < 1.29 is 14.3 Å². The number of methoxy groups -OCH3 is 1. The molecule has 0 saturated carbocycles. The van der Waals surface area contributed by atoms with E-state index in [1.807, 2.05) is 18.3 Å². The molecule has 3 aliphatic heterocycles. The fourth-order valence-corrected chi connectivity index (χ4v) is 6.20. The monoisotopic (exact) mass is 506 g/mol. The van der Waals surface area contributed by atoms with E-state index >= 15 is 0 Å². The van der Waals surface area contributed by atoms with Crippen molar-refractivity contribution >= 4 is 34.5 Å². The van der Waals surface area contributed by atoms with Crippen LogP contribution in [0, 0.1) is 5.92 Å². The van der Waals surface area contributed by atoms with Crippen LogP contribution < -0.4 is 25.4 Å². The summed E-state index contributed by atoms with van der Waals surface area (Å²) in [6.07, 6.45) is 5.10. The molecule has 2 unspecified atom stereocenters. The van der Waals surface area contributed by atoms with Crippen LogP contribution >= 0.6 is 11.8 Å². The molecule has 1 fully saturated rings. The number of ether oxygens (including phenoxy) is 2. The third-order valence-electron chi connectivity index (χ3n) is 7.27. The number of anilines is 1. The highest BCUT2D eigenvalue weighted by Gasteiger charge is 2.33. The summed E-state index contributed by atoms with van der Waals surface area (Å²) in [6.45, 7) is 3.32. The molecule has 3 atom stereocenters. The van der Waals surface area contributed by atoms with E-state index in [0.717, 1.165) is 52.4 Å². The number of nitrogens with zero attached hydrogens (tertiary/aromatic N) is 3. The highest BCUT2D eigenvalue weighted by molar-refractivity contribution is 8.00. The fraction of sp³-hybridized carbons (Fsp3) is 0.462. The molecule has 0 aliphatic carbocycles. The number of hydrogen-bond acceptors (Lipinski definition) is 9. The minimum Gasteiger partial charge on any atom is -0.491 e. The van der Waals surface area contributed by atoms with Gasteiger partial charge in [0.15, 0.2) is 0 Å². The molecule has 3 aliphatic rings. The van der Waals surface area contributed by atoms with Crippen molar-refractivity contribution in [3.05, 3.63) is 41.7 Å². The van der Waals surface area contributed by atoms with Gasteiger partial charge in [-0.15, -0.1) is 11.8 Å². The van der Waals surface area contributed by atoms with Crippen molar-refractivity contribution in [1.82, 2.24) is 25.6 Å². The lowest BCUT2D eigenvalue weighted by atomic mass is 9.83. The Labute approximate surface area is 214 Å². The quantitative estimate of drug-likeness (QED) is 0.445. The first kappa shape index (κ1) is 23.4. The van der Waals surface area contributed by atoms with Crippen molar-refractivity contribution in [2.75, 3.05) is 37.9 Å². The van der Waals surface area contributed by atoms with Crippen molar-refractivity contribution in [1.29, 1.82) is 0 Å². The van der Waals surface area contributed by atoms with Crippen molar-refractivity contribution in [3.8, 4) is 11.6 Å². The zero-order valence-electron chi connectivity index (χ0n) is 20.3. The zero-order valence-corrected chi connectivity index (χ0v) is 21.1. The lowest BCUT2D eigenvalue weighted by Crippen LogP contribution is -2.44. The topological polar surface area (TPSA) is 110 Å². The number of rotatable bonds is 7. The molecule has 1 saturated heterocycles. The number of nitrogens with one attached hydrogen (secondary N) is 3. The zero-order chi connectivity index (χ0) is 24.5. The summed E-state index contributed by atoms with van der Waals surface area (Å²) in [7, 11) is 1.63. The first-order valence-electron chi connectivity index (χ1n) is 12.5. The molecule has 10 heteroatoms. The van der Waals surface area contributed by atoms with Crippen LogP contribution in [0.2, 0.25) is 0 Å². The lowest BCUT2D eigenvalue weighted by molar-refractivity contribution is -0.113. The van der Waals surface area contributed by atoms with Gasteiger partial charge in [-0.2, -0.15) is 0 Å². The molecule has 188 valence electrons. The number of hydrogen-bond donors (Lipinski definition) is 3. The Hall–Kier alpha value is -2.95. The SMILES string of the molecule is COc1ccc2ncc3c(c2n1)C(CC(NCc1ccc2c(n1)NC(=O)CS2)[C@H]1CCCNC1)CO3. The third-order valence-corrected chi connectivity index (χ3v) is 8.31. The first-order chi connectivity index (χ1) is 17.7. The van der Waals surface area contributed by atoms with E-state index in [9.17, 15) is 4.79 Å². The molecule has 9 nitrogen and oxygen atoms in total. The third kappa shape index (κ3) is 4.72. The van der Waals surface area contributed by atoms with E-state index in [1.54, 1.807) is 7.11 Å². The Morgan fingerprint density at radius 2 is 2.22 bits per heavy atom. The fourth-order valence-electron chi connectivity index (χ4n) is 5.44. The summed E-state index contributed by atoms with van der Waals surface area (Å²) in [5.41, 5.74) is 3.77. The summed E-state index contributed by atoms with van der Waals surface area (Å²) in [5.74, 6) is 3.23. The molecule has 0 spiro atoms. The van der Waals surface area contributed by atoms with Gasteiger partial charge in [0.25, 0.3) is 0 Å². The maximum absolute atomic E-state index is 11.8. The number of piperidine rings is 1. The second-order valence-corrected chi connectivity index (χ2v) is 10.6. The maximum Gasteiger partial charge on any atom is 0.235 e. The molecule has 3 aromatic heterocycles. The second kappa shape index (κ2) is 10.2. The average molecular weight is 507 g/mol. The van der Waals surface area contributed by atoms with Crippen LogP contribution in [0.15, 0.2) is 35.4 Å². The molecule has 1 amide bonds. The highest BCUT2D eigenvalue weighted by atomic mass is 32.2. The molecule has 0 aromatic carbocycles. The molecule has 6 heterocycles. The largest absolute Gasteiger partial charge is 0.491 e. The van der Waals surface area contributed by atoms with Gasteiger partial charge < -0.3 is 25.4 Å². The summed E-state index contributed by atoms with van der Waals surface area (Å²) in [6, 6.07) is 8.18. The Bertz CT molecular complexity index is 1280. The van der Waals surface area contributed by atoms with E-state index in [-0.39, 0.29) is 17.9 Å². The number of carbonyl (C=O) groups is 1. The van der Waals surface area contributed by atoms with Gasteiger partial charge in [-0.25, -0.2) is 9.97 Å². The molecule has 0 radical (unpaired) electrons. The number of aromatic nitrogens is 3. The van der Waals surface area contributed by atoms with Crippen molar-refractivity contribution in [3.63, 3.8) is 0 Å². The Kier molecular flexibility index (Phi) is 6.64. The Balaban J connectivity index is 1.24. The van der Waals surface area contributed by atoms with E-state index in [1.165, 1.54) is 24.6 Å². The number of carbonyl (C=O) groups excluding carboxylic acids is 1. The van der Waals surface area contributed by atoms with Gasteiger partial charge in [-0.3, -0.25) is 9.78 Å². The predicted octanol–water partition coefficient (Wildman–Crippen LogP) is 3.10. The standard InChI is InChI=1S/C26H30N6O3S/c1-34-23-7-5-18-25(32-23)24-16(13-35-20(24)12-29-18)9-19(15-3-2-8-27-10-15)28-11-17-4-6-21-26(30-17)31-22(33)14-36-21/h4-7,12,15-16,19,27-28H,2-3,8-11,13-14H2,1H3,(H,30,31,33)/t15-,16?,19?/m0/s1. The van der Waals surface area contributed by atoms with Crippen LogP contribution in [0.5, 0.6) is 11.6 Å². The maximum atomic E-state index is 11.8. The Morgan fingerprint density at radius 1 is 1.28 bits per heavy atom. The van der Waals surface area contributed by atoms with Gasteiger partial charge in [0, 0.05) is 30.1 Å². The number of pyridine rings is 3. The van der Waals surface area contributed by atoms with Crippen molar-refractivity contribution in [2.24, 2.45) is 5.92 Å².